The first kappa shape index (κ1) is 47.6. The highest BCUT2D eigenvalue weighted by molar-refractivity contribution is 6.02. The van der Waals surface area contributed by atoms with E-state index < -0.39 is 24.4 Å². The molecule has 0 aromatic heterocycles. The van der Waals surface area contributed by atoms with Gasteiger partial charge in [-0.15, -0.1) is 0 Å². The van der Waals surface area contributed by atoms with Crippen molar-refractivity contribution in [3.05, 3.63) is 130 Å². The Morgan fingerprint density at radius 2 is 0.867 bits per heavy atom. The number of ether oxygens (including phenoxy) is 4. The highest BCUT2D eigenvalue weighted by Gasteiger charge is 2.42. The zero-order valence-electron chi connectivity index (χ0n) is 37.5. The normalized spacial score (nSPS) is 24.0. The molecule has 0 bridgehead atoms. The molecule has 2 fully saturated rings. The molecule has 2 saturated heterocycles. The Morgan fingerprint density at radius 1 is 0.550 bits per heavy atom. The number of allylic oxidation sites excluding steroid dienone is 20. The van der Waals surface area contributed by atoms with Crippen LogP contribution in [0.1, 0.15) is 82.1 Å². The largest absolute Gasteiger partial charge is 0.438 e. The van der Waals surface area contributed by atoms with Gasteiger partial charge in [0, 0.05) is 39.0 Å². The maximum absolute atomic E-state index is 13.2. The van der Waals surface area contributed by atoms with E-state index in [-0.39, 0.29) is 22.4 Å². The number of rotatable bonds is 12. The molecule has 324 valence electrons. The molecule has 10 heteroatoms. The van der Waals surface area contributed by atoms with Crippen LogP contribution >= 0.6 is 0 Å². The summed E-state index contributed by atoms with van der Waals surface area (Å²) < 4.78 is 22.0. The van der Waals surface area contributed by atoms with Gasteiger partial charge in [-0.3, -0.25) is 9.59 Å². The third-order valence-corrected chi connectivity index (χ3v) is 11.3. The van der Waals surface area contributed by atoms with Crippen LogP contribution < -0.4 is 0 Å². The molecule has 4 rings (SSSR count). The van der Waals surface area contributed by atoms with Gasteiger partial charge < -0.3 is 28.7 Å². The fourth-order valence-corrected chi connectivity index (χ4v) is 7.64. The Kier molecular flexibility index (Phi) is 17.4. The molecule has 0 spiro atoms. The molecular weight excluding hydrogens is 757 g/mol. The second-order valence-electron chi connectivity index (χ2n) is 17.3. The second kappa shape index (κ2) is 22.0. The predicted molar refractivity (Wildman–Crippen MR) is 238 cm³/mol. The molecule has 0 aromatic carbocycles. The topological polar surface area (TPSA) is 112 Å². The Bertz CT molecular complexity index is 1820. The number of hydrogen-bond acceptors (Lipinski definition) is 8. The summed E-state index contributed by atoms with van der Waals surface area (Å²) in [6, 6.07) is 0. The van der Waals surface area contributed by atoms with Crippen molar-refractivity contribution in [2.45, 2.75) is 94.3 Å². The monoisotopic (exact) mass is 822 g/mol. The fraction of sp³-hybridized carbons (Fsp3) is 0.480. The summed E-state index contributed by atoms with van der Waals surface area (Å²) in [5.41, 5.74) is 6.77. The van der Waals surface area contributed by atoms with Crippen LogP contribution in [0.15, 0.2) is 130 Å². The molecule has 0 radical (unpaired) electrons. The smallest absolute Gasteiger partial charge is 0.410 e. The van der Waals surface area contributed by atoms with Crippen molar-refractivity contribution >= 4 is 23.8 Å². The van der Waals surface area contributed by atoms with Crippen molar-refractivity contribution < 1.29 is 38.1 Å². The molecule has 2 aliphatic carbocycles. The molecule has 0 N–H and O–H groups in total. The van der Waals surface area contributed by atoms with Crippen LogP contribution in [0.4, 0.5) is 9.59 Å². The number of ketones is 2. The molecule has 2 unspecified atom stereocenters. The third-order valence-electron chi connectivity index (χ3n) is 11.3. The zero-order chi connectivity index (χ0) is 44.0. The van der Waals surface area contributed by atoms with Gasteiger partial charge in [-0.05, 0) is 74.7 Å². The van der Waals surface area contributed by atoms with Gasteiger partial charge in [0.15, 0.2) is 23.8 Å². The first-order valence-corrected chi connectivity index (χ1v) is 21.1. The molecular formula is C50H66N2O8. The Balaban J connectivity index is 1.27. The maximum Gasteiger partial charge on any atom is 0.410 e. The van der Waals surface area contributed by atoms with Crippen LogP contribution in [0.3, 0.4) is 0 Å². The van der Waals surface area contributed by atoms with E-state index in [4.69, 9.17) is 18.9 Å². The lowest BCUT2D eigenvalue weighted by molar-refractivity contribution is -0.127. The van der Waals surface area contributed by atoms with Crippen molar-refractivity contribution in [3.8, 4) is 0 Å². The van der Waals surface area contributed by atoms with Crippen LogP contribution in [0.25, 0.3) is 0 Å². The van der Waals surface area contributed by atoms with E-state index in [2.05, 4.69) is 39.8 Å². The standard InChI is InChI=1S/C50H66N2O8/c1-35(17-13-19-37(3)21-23-41-39(5)45(53)43(33-49(41,7)8)59-47(55)51-25-29-57-30-26-51)15-11-12-16-36(2)18-14-20-38(4)22-24-42-40(6)46(54)44(34-50(42,9)10)60-48(56)52-27-31-58-32-28-52/h11-24,43-44H,25-34H2,1-10H3. The number of carbonyl (C=O) groups excluding carboxylic acids is 4. The van der Waals surface area contributed by atoms with E-state index >= 15 is 0 Å². The summed E-state index contributed by atoms with van der Waals surface area (Å²) in [4.78, 5) is 55.0. The molecule has 60 heavy (non-hydrogen) atoms. The number of nitrogens with zero attached hydrogens (tertiary/aromatic N) is 2. The SMILES string of the molecule is CC(C=CC=C(C)C=CC1=C(C)C(=O)C(OC(=O)N2CCOCC2)CC1(C)C)=CC=CC=C(C)C=CC=C(C)C=CC1=C(C)C(=O)C(OC(=O)N2CCOCC2)CC1(C)C. The number of hydrogen-bond donors (Lipinski definition) is 0. The molecule has 2 atom stereocenters. The van der Waals surface area contributed by atoms with Gasteiger partial charge in [-0.2, -0.15) is 0 Å². The number of morpholine rings is 2. The van der Waals surface area contributed by atoms with Gasteiger partial charge in [0.25, 0.3) is 0 Å². The summed E-state index contributed by atoms with van der Waals surface area (Å²) in [6.07, 6.45) is 26.8. The second-order valence-corrected chi connectivity index (χ2v) is 17.3. The van der Waals surface area contributed by atoms with Gasteiger partial charge in [0.05, 0.1) is 26.4 Å². The van der Waals surface area contributed by atoms with E-state index in [9.17, 15) is 19.2 Å². The van der Waals surface area contributed by atoms with Gasteiger partial charge in [0.2, 0.25) is 0 Å². The average molecular weight is 823 g/mol. The quantitative estimate of drug-likeness (QED) is 0.179. The van der Waals surface area contributed by atoms with Gasteiger partial charge in [-0.1, -0.05) is 135 Å². The lowest BCUT2D eigenvalue weighted by Crippen LogP contribution is -2.45. The lowest BCUT2D eigenvalue weighted by atomic mass is 9.71. The highest BCUT2D eigenvalue weighted by Crippen LogP contribution is 2.42. The number of Topliss-reactive ketones (excluding diaryl/α,β-unsaturated/α-hetero) is 2. The summed E-state index contributed by atoms with van der Waals surface area (Å²) in [5.74, 6) is -0.282. The van der Waals surface area contributed by atoms with Crippen LogP contribution in [0.2, 0.25) is 0 Å². The van der Waals surface area contributed by atoms with Crippen molar-refractivity contribution in [3.63, 3.8) is 0 Å². The first-order valence-electron chi connectivity index (χ1n) is 21.1. The minimum absolute atomic E-state index is 0.141. The Hall–Kier alpha value is -5.06. The summed E-state index contributed by atoms with van der Waals surface area (Å²) in [7, 11) is 0. The van der Waals surface area contributed by atoms with Crippen molar-refractivity contribution in [2.24, 2.45) is 10.8 Å². The summed E-state index contributed by atoms with van der Waals surface area (Å²) >= 11 is 0. The van der Waals surface area contributed by atoms with Crippen LogP contribution in [-0.2, 0) is 28.5 Å². The van der Waals surface area contributed by atoms with Crippen LogP contribution in [0.5, 0.6) is 0 Å². The molecule has 2 heterocycles. The summed E-state index contributed by atoms with van der Waals surface area (Å²) in [6.45, 7) is 23.9. The van der Waals surface area contributed by atoms with Gasteiger partial charge in [-0.25, -0.2) is 9.59 Å². The average Bonchev–Trinajstić information content (AvgIpc) is 3.20. The molecule has 0 aromatic rings. The van der Waals surface area contributed by atoms with Crippen LogP contribution in [-0.4, -0.2) is 98.4 Å². The van der Waals surface area contributed by atoms with E-state index in [0.29, 0.717) is 76.6 Å². The Labute approximate surface area is 358 Å². The minimum atomic E-state index is -0.789. The highest BCUT2D eigenvalue weighted by atomic mass is 16.6. The van der Waals surface area contributed by atoms with Gasteiger partial charge >= 0.3 is 12.2 Å². The van der Waals surface area contributed by atoms with Crippen LogP contribution in [0, 0.1) is 10.8 Å². The van der Waals surface area contributed by atoms with Gasteiger partial charge in [0.1, 0.15) is 0 Å². The molecule has 2 aliphatic heterocycles. The van der Waals surface area contributed by atoms with E-state index in [0.717, 1.165) is 33.4 Å². The van der Waals surface area contributed by atoms with Crippen molar-refractivity contribution in [1.29, 1.82) is 0 Å². The molecule has 2 amide bonds. The van der Waals surface area contributed by atoms with E-state index in [1.165, 1.54) is 0 Å². The third kappa shape index (κ3) is 13.7. The summed E-state index contributed by atoms with van der Waals surface area (Å²) in [5, 5.41) is 0. The number of amides is 2. The zero-order valence-corrected chi connectivity index (χ0v) is 37.5. The predicted octanol–water partition coefficient (Wildman–Crippen LogP) is 9.86. The first-order chi connectivity index (χ1) is 28.4. The Morgan fingerprint density at radius 3 is 1.22 bits per heavy atom. The fourth-order valence-electron chi connectivity index (χ4n) is 7.64. The lowest BCUT2D eigenvalue weighted by Gasteiger charge is -2.37. The molecule has 10 nitrogen and oxygen atoms in total. The van der Waals surface area contributed by atoms with Crippen molar-refractivity contribution in [1.82, 2.24) is 9.80 Å². The maximum atomic E-state index is 13.2. The molecule has 0 saturated carbocycles. The number of carbonyl (C=O) groups is 4. The van der Waals surface area contributed by atoms with E-state index in [1.54, 1.807) is 9.80 Å². The van der Waals surface area contributed by atoms with E-state index in [1.807, 2.05) is 114 Å². The van der Waals surface area contributed by atoms with Crippen molar-refractivity contribution in [2.75, 3.05) is 52.6 Å². The molecule has 4 aliphatic rings. The minimum Gasteiger partial charge on any atom is -0.438 e.